The van der Waals surface area contributed by atoms with Gasteiger partial charge in [0.15, 0.2) is 5.96 Å². The highest BCUT2D eigenvalue weighted by molar-refractivity contribution is 5.79. The molecule has 3 rings (SSSR count). The number of guanidine groups is 1. The minimum Gasteiger partial charge on any atom is -0.379 e. The number of hydrogen-bond acceptors (Lipinski definition) is 4. The second-order valence-electron chi connectivity index (χ2n) is 7.86. The number of aliphatic imine (C=N–C) groups is 1. The molecule has 0 amide bonds. The van der Waals surface area contributed by atoms with Gasteiger partial charge in [0.1, 0.15) is 0 Å². The first-order valence-corrected chi connectivity index (χ1v) is 10.5. The highest BCUT2D eigenvalue weighted by Crippen LogP contribution is 2.13. The van der Waals surface area contributed by atoms with Gasteiger partial charge in [0.2, 0.25) is 0 Å². The molecule has 1 fully saturated rings. The van der Waals surface area contributed by atoms with Gasteiger partial charge in [-0.25, -0.2) is 4.68 Å². The first kappa shape index (κ1) is 21.3. The maximum absolute atomic E-state index is 5.52. The van der Waals surface area contributed by atoms with Crippen LogP contribution in [-0.4, -0.2) is 66.6 Å². The van der Waals surface area contributed by atoms with Crippen LogP contribution in [0.4, 0.5) is 0 Å². The molecule has 1 saturated heterocycles. The van der Waals surface area contributed by atoms with Crippen LogP contribution in [0.1, 0.15) is 25.8 Å². The molecular weight excluding hydrogens is 364 g/mol. The minimum atomic E-state index is 0.491. The molecule has 0 radical (unpaired) electrons. The Kier molecular flexibility index (Phi) is 8.07. The number of nitrogens with one attached hydrogen (secondary N) is 2. The predicted octanol–water partition coefficient (Wildman–Crippen LogP) is 2.28. The largest absolute Gasteiger partial charge is 0.379 e. The number of nitrogens with zero attached hydrogens (tertiary/aromatic N) is 4. The molecule has 7 heteroatoms. The summed E-state index contributed by atoms with van der Waals surface area (Å²) in [6.07, 6.45) is 4.90. The Morgan fingerprint density at radius 2 is 1.93 bits per heavy atom. The van der Waals surface area contributed by atoms with Gasteiger partial charge in [0.25, 0.3) is 0 Å². The van der Waals surface area contributed by atoms with Crippen LogP contribution in [0, 0.1) is 5.92 Å². The fourth-order valence-electron chi connectivity index (χ4n) is 3.66. The number of aromatic nitrogens is 2. The van der Waals surface area contributed by atoms with E-state index in [1.165, 1.54) is 12.0 Å². The molecule has 29 heavy (non-hydrogen) atoms. The maximum Gasteiger partial charge on any atom is 0.191 e. The van der Waals surface area contributed by atoms with Crippen LogP contribution < -0.4 is 10.6 Å². The van der Waals surface area contributed by atoms with Crippen LogP contribution in [0.3, 0.4) is 0 Å². The summed E-state index contributed by atoms with van der Waals surface area (Å²) in [6.45, 7) is 9.86. The normalized spacial score (nSPS) is 16.8. The second kappa shape index (κ2) is 11.0. The summed E-state index contributed by atoms with van der Waals surface area (Å²) in [5.74, 6) is 1.50. The van der Waals surface area contributed by atoms with E-state index in [0.717, 1.165) is 51.0 Å². The maximum atomic E-state index is 5.52. The summed E-state index contributed by atoms with van der Waals surface area (Å²) < 4.78 is 7.38. The molecule has 0 bridgehead atoms. The average Bonchev–Trinajstić information content (AvgIpc) is 3.28. The van der Waals surface area contributed by atoms with E-state index in [1.807, 2.05) is 24.0 Å². The number of morpholine rings is 1. The van der Waals surface area contributed by atoms with E-state index in [9.17, 15) is 0 Å². The second-order valence-corrected chi connectivity index (χ2v) is 7.86. The van der Waals surface area contributed by atoms with E-state index in [4.69, 9.17) is 4.74 Å². The Labute approximate surface area is 174 Å². The molecule has 2 aromatic rings. The third-order valence-electron chi connectivity index (χ3n) is 5.20. The van der Waals surface area contributed by atoms with Crippen LogP contribution in [0.15, 0.2) is 47.7 Å². The van der Waals surface area contributed by atoms with Crippen LogP contribution >= 0.6 is 0 Å². The Morgan fingerprint density at radius 1 is 1.17 bits per heavy atom. The summed E-state index contributed by atoms with van der Waals surface area (Å²) in [5.41, 5.74) is 2.26. The SMILES string of the molecule is CN=C(NCc1ccc(-n2cccn2)cc1)NCC(CC(C)C)N1CCOCC1. The summed E-state index contributed by atoms with van der Waals surface area (Å²) in [5, 5.41) is 11.2. The first-order chi connectivity index (χ1) is 14.2. The van der Waals surface area contributed by atoms with Gasteiger partial charge >= 0.3 is 0 Å². The number of ether oxygens (including phenoxy) is 1. The van der Waals surface area contributed by atoms with Crippen molar-refractivity contribution < 1.29 is 4.74 Å². The monoisotopic (exact) mass is 398 g/mol. The molecule has 1 aliphatic rings. The van der Waals surface area contributed by atoms with Gasteiger partial charge in [-0.15, -0.1) is 0 Å². The van der Waals surface area contributed by atoms with Crippen LogP contribution in [0.25, 0.3) is 5.69 Å². The summed E-state index contributed by atoms with van der Waals surface area (Å²) in [7, 11) is 1.82. The van der Waals surface area contributed by atoms with Crippen molar-refractivity contribution in [3.8, 4) is 5.69 Å². The molecule has 1 unspecified atom stereocenters. The van der Waals surface area contributed by atoms with Crippen molar-refractivity contribution >= 4 is 5.96 Å². The van der Waals surface area contributed by atoms with Crippen molar-refractivity contribution in [2.45, 2.75) is 32.9 Å². The molecule has 158 valence electrons. The van der Waals surface area contributed by atoms with Gasteiger partial charge in [0, 0.05) is 51.7 Å². The smallest absolute Gasteiger partial charge is 0.191 e. The lowest BCUT2D eigenvalue weighted by molar-refractivity contribution is 0.0132. The molecule has 0 aliphatic carbocycles. The fourth-order valence-corrected chi connectivity index (χ4v) is 3.66. The molecule has 1 aromatic carbocycles. The molecule has 2 N–H and O–H groups in total. The van der Waals surface area contributed by atoms with Crippen molar-refractivity contribution in [2.75, 3.05) is 39.9 Å². The van der Waals surface area contributed by atoms with Crippen molar-refractivity contribution in [3.05, 3.63) is 48.3 Å². The zero-order valence-corrected chi connectivity index (χ0v) is 17.8. The van der Waals surface area contributed by atoms with E-state index in [2.05, 4.69) is 63.7 Å². The van der Waals surface area contributed by atoms with E-state index in [1.54, 1.807) is 6.20 Å². The van der Waals surface area contributed by atoms with E-state index >= 15 is 0 Å². The molecular formula is C22H34N6O. The zero-order valence-electron chi connectivity index (χ0n) is 17.8. The molecule has 1 atom stereocenters. The lowest BCUT2D eigenvalue weighted by atomic mass is 10.0. The van der Waals surface area contributed by atoms with E-state index in [0.29, 0.717) is 12.0 Å². The molecule has 0 saturated carbocycles. The quantitative estimate of drug-likeness (QED) is 0.528. The highest BCUT2D eigenvalue weighted by Gasteiger charge is 2.22. The summed E-state index contributed by atoms with van der Waals surface area (Å²) in [6, 6.07) is 10.8. The van der Waals surface area contributed by atoms with Gasteiger partial charge in [-0.05, 0) is 36.1 Å². The van der Waals surface area contributed by atoms with Gasteiger partial charge < -0.3 is 15.4 Å². The molecule has 7 nitrogen and oxygen atoms in total. The Bertz CT molecular complexity index is 735. The third kappa shape index (κ3) is 6.58. The predicted molar refractivity (Wildman–Crippen MR) is 117 cm³/mol. The van der Waals surface area contributed by atoms with Crippen molar-refractivity contribution in [3.63, 3.8) is 0 Å². The minimum absolute atomic E-state index is 0.491. The zero-order chi connectivity index (χ0) is 20.5. The van der Waals surface area contributed by atoms with Crippen molar-refractivity contribution in [1.82, 2.24) is 25.3 Å². The van der Waals surface area contributed by atoms with Crippen molar-refractivity contribution in [2.24, 2.45) is 10.9 Å². The lowest BCUT2D eigenvalue weighted by Gasteiger charge is -2.35. The highest BCUT2D eigenvalue weighted by atomic mass is 16.5. The lowest BCUT2D eigenvalue weighted by Crippen LogP contribution is -2.50. The summed E-state index contributed by atoms with van der Waals surface area (Å²) >= 11 is 0. The topological polar surface area (TPSA) is 66.7 Å². The number of rotatable bonds is 8. The number of hydrogen-bond donors (Lipinski definition) is 2. The van der Waals surface area contributed by atoms with Gasteiger partial charge in [-0.3, -0.25) is 9.89 Å². The van der Waals surface area contributed by atoms with Gasteiger partial charge in [0.05, 0.1) is 18.9 Å². The Morgan fingerprint density at radius 3 is 2.55 bits per heavy atom. The van der Waals surface area contributed by atoms with Crippen LogP contribution in [0.5, 0.6) is 0 Å². The van der Waals surface area contributed by atoms with Crippen molar-refractivity contribution in [1.29, 1.82) is 0 Å². The Balaban J connectivity index is 1.50. The van der Waals surface area contributed by atoms with Crippen LogP contribution in [0.2, 0.25) is 0 Å². The van der Waals surface area contributed by atoms with Crippen LogP contribution in [-0.2, 0) is 11.3 Å². The molecule has 1 aromatic heterocycles. The number of benzene rings is 1. The van der Waals surface area contributed by atoms with Gasteiger partial charge in [-0.1, -0.05) is 26.0 Å². The molecule has 0 spiro atoms. The average molecular weight is 399 g/mol. The first-order valence-electron chi connectivity index (χ1n) is 10.5. The van der Waals surface area contributed by atoms with E-state index < -0.39 is 0 Å². The summed E-state index contributed by atoms with van der Waals surface area (Å²) in [4.78, 5) is 6.93. The standard InChI is InChI=1S/C22H34N6O/c1-18(2)15-21(27-11-13-29-14-12-27)17-25-22(23-3)24-16-19-5-7-20(8-6-19)28-10-4-9-26-28/h4-10,18,21H,11-17H2,1-3H3,(H2,23,24,25). The van der Waals surface area contributed by atoms with Gasteiger partial charge in [-0.2, -0.15) is 5.10 Å². The Hall–Kier alpha value is -2.38. The third-order valence-corrected chi connectivity index (χ3v) is 5.20. The van der Waals surface area contributed by atoms with E-state index in [-0.39, 0.29) is 0 Å². The molecule has 2 heterocycles. The molecule has 1 aliphatic heterocycles. The fraction of sp³-hybridized carbons (Fsp3) is 0.545.